The van der Waals surface area contributed by atoms with Crippen molar-refractivity contribution in [2.24, 2.45) is 5.73 Å². The van der Waals surface area contributed by atoms with Crippen LogP contribution in [-0.2, 0) is 4.79 Å². The van der Waals surface area contributed by atoms with E-state index in [1.807, 2.05) is 6.92 Å². The largest absolute Gasteiger partial charge is 0.508 e. The zero-order chi connectivity index (χ0) is 11.6. The van der Waals surface area contributed by atoms with Gasteiger partial charge in [-0.3, -0.25) is 4.79 Å². The maximum absolute atomic E-state index is 10.9. The molecule has 0 fully saturated rings. The van der Waals surface area contributed by atoms with E-state index in [0.717, 1.165) is 11.1 Å². The number of carboxylic acid groups (broad SMARTS) is 1. The molecule has 0 saturated carbocycles. The Morgan fingerprint density at radius 2 is 2.07 bits per heavy atom. The summed E-state index contributed by atoms with van der Waals surface area (Å²) < 4.78 is 0. The molecule has 0 radical (unpaired) electrons. The van der Waals surface area contributed by atoms with Crippen LogP contribution in [0.25, 0.3) is 0 Å². The third-order valence-electron chi connectivity index (χ3n) is 2.60. The zero-order valence-corrected chi connectivity index (χ0v) is 8.82. The standard InChI is InChI=1S/C11H15NO3/c1-6-3-8(4-10(13)7(6)2)9(5-12)11(14)15/h3-4,9,13H,5,12H2,1-2H3,(H,14,15). The van der Waals surface area contributed by atoms with Gasteiger partial charge in [-0.25, -0.2) is 0 Å². The molecule has 4 N–H and O–H groups in total. The Labute approximate surface area is 88.3 Å². The van der Waals surface area contributed by atoms with Gasteiger partial charge < -0.3 is 15.9 Å². The number of aliphatic carboxylic acids is 1. The maximum Gasteiger partial charge on any atom is 0.312 e. The van der Waals surface area contributed by atoms with Crippen molar-refractivity contribution in [2.45, 2.75) is 19.8 Å². The summed E-state index contributed by atoms with van der Waals surface area (Å²) in [6.07, 6.45) is 0. The van der Waals surface area contributed by atoms with Crippen molar-refractivity contribution < 1.29 is 15.0 Å². The molecule has 0 heterocycles. The first kappa shape index (κ1) is 11.5. The summed E-state index contributed by atoms with van der Waals surface area (Å²) in [5, 5.41) is 18.5. The third-order valence-corrected chi connectivity index (χ3v) is 2.60. The Hall–Kier alpha value is -1.55. The molecule has 4 heteroatoms. The van der Waals surface area contributed by atoms with Gasteiger partial charge >= 0.3 is 5.97 Å². The maximum atomic E-state index is 10.9. The van der Waals surface area contributed by atoms with E-state index < -0.39 is 11.9 Å². The van der Waals surface area contributed by atoms with E-state index in [0.29, 0.717) is 5.56 Å². The molecular formula is C11H15NO3. The van der Waals surface area contributed by atoms with Gasteiger partial charge in [0.1, 0.15) is 5.75 Å². The molecule has 0 amide bonds. The number of carboxylic acids is 1. The molecule has 0 saturated heterocycles. The fourth-order valence-electron chi connectivity index (χ4n) is 1.45. The number of phenolic OH excluding ortho intramolecular Hbond substituents is 1. The Balaban J connectivity index is 3.20. The number of hydrogen-bond donors (Lipinski definition) is 3. The van der Waals surface area contributed by atoms with Gasteiger partial charge in [0.05, 0.1) is 5.92 Å². The number of rotatable bonds is 3. The Morgan fingerprint density at radius 3 is 2.47 bits per heavy atom. The summed E-state index contributed by atoms with van der Waals surface area (Å²) in [5.74, 6) is -1.61. The smallest absolute Gasteiger partial charge is 0.312 e. The number of hydrogen-bond acceptors (Lipinski definition) is 3. The van der Waals surface area contributed by atoms with E-state index in [4.69, 9.17) is 10.8 Å². The van der Waals surface area contributed by atoms with Crippen LogP contribution in [0.2, 0.25) is 0 Å². The monoisotopic (exact) mass is 209 g/mol. The van der Waals surface area contributed by atoms with E-state index in [9.17, 15) is 9.90 Å². The van der Waals surface area contributed by atoms with Crippen molar-refractivity contribution in [3.05, 3.63) is 28.8 Å². The molecule has 1 rings (SSSR count). The normalized spacial score (nSPS) is 12.5. The molecular weight excluding hydrogens is 194 g/mol. The molecule has 1 aromatic rings. The molecule has 0 aliphatic carbocycles. The number of benzene rings is 1. The number of aromatic hydroxyl groups is 1. The van der Waals surface area contributed by atoms with Crippen LogP contribution >= 0.6 is 0 Å². The lowest BCUT2D eigenvalue weighted by atomic mass is 9.95. The van der Waals surface area contributed by atoms with E-state index in [-0.39, 0.29) is 12.3 Å². The highest BCUT2D eigenvalue weighted by Crippen LogP contribution is 2.26. The van der Waals surface area contributed by atoms with Gasteiger partial charge in [0.2, 0.25) is 0 Å². The van der Waals surface area contributed by atoms with E-state index >= 15 is 0 Å². The van der Waals surface area contributed by atoms with Gasteiger partial charge in [0.25, 0.3) is 0 Å². The van der Waals surface area contributed by atoms with Crippen molar-refractivity contribution in [1.29, 1.82) is 0 Å². The van der Waals surface area contributed by atoms with E-state index in [1.165, 1.54) is 6.07 Å². The number of phenols is 1. The average Bonchev–Trinajstić information content (AvgIpc) is 2.14. The molecule has 82 valence electrons. The molecule has 0 bridgehead atoms. The summed E-state index contributed by atoms with van der Waals surface area (Å²) in [5.41, 5.74) is 7.56. The van der Waals surface area contributed by atoms with Crippen molar-refractivity contribution >= 4 is 5.97 Å². The molecule has 4 nitrogen and oxygen atoms in total. The molecule has 15 heavy (non-hydrogen) atoms. The minimum Gasteiger partial charge on any atom is -0.508 e. The van der Waals surface area contributed by atoms with Gasteiger partial charge in [0, 0.05) is 6.54 Å². The lowest BCUT2D eigenvalue weighted by Crippen LogP contribution is -2.21. The Morgan fingerprint density at radius 1 is 1.47 bits per heavy atom. The van der Waals surface area contributed by atoms with Gasteiger partial charge in [-0.2, -0.15) is 0 Å². The molecule has 0 aliphatic rings. The Bertz CT molecular complexity index is 364. The van der Waals surface area contributed by atoms with E-state index in [2.05, 4.69) is 0 Å². The minimum atomic E-state index is -0.972. The molecule has 0 aliphatic heterocycles. The average molecular weight is 209 g/mol. The SMILES string of the molecule is Cc1cc(C(CN)C(=O)O)cc(O)c1C. The van der Waals surface area contributed by atoms with Crippen molar-refractivity contribution in [3.8, 4) is 5.75 Å². The van der Waals surface area contributed by atoms with Crippen LogP contribution < -0.4 is 5.73 Å². The summed E-state index contributed by atoms with van der Waals surface area (Å²) >= 11 is 0. The highest BCUT2D eigenvalue weighted by atomic mass is 16.4. The Kier molecular flexibility index (Phi) is 3.31. The summed E-state index contributed by atoms with van der Waals surface area (Å²) in [6, 6.07) is 3.22. The van der Waals surface area contributed by atoms with Crippen LogP contribution in [0.3, 0.4) is 0 Å². The van der Waals surface area contributed by atoms with Crippen LogP contribution in [0.5, 0.6) is 5.75 Å². The molecule has 1 atom stereocenters. The highest BCUT2D eigenvalue weighted by Gasteiger charge is 2.19. The van der Waals surface area contributed by atoms with Crippen LogP contribution in [0.15, 0.2) is 12.1 Å². The van der Waals surface area contributed by atoms with Crippen molar-refractivity contribution in [2.75, 3.05) is 6.54 Å². The molecule has 1 aromatic carbocycles. The predicted molar refractivity (Wildman–Crippen MR) is 57.0 cm³/mol. The van der Waals surface area contributed by atoms with Crippen LogP contribution in [0.1, 0.15) is 22.6 Å². The first-order chi connectivity index (χ1) is 6.97. The lowest BCUT2D eigenvalue weighted by Gasteiger charge is -2.13. The summed E-state index contributed by atoms with van der Waals surface area (Å²) in [6.45, 7) is 3.64. The molecule has 0 spiro atoms. The van der Waals surface area contributed by atoms with Gasteiger partial charge in [0.15, 0.2) is 0 Å². The summed E-state index contributed by atoms with van der Waals surface area (Å²) in [4.78, 5) is 10.9. The second-order valence-electron chi connectivity index (χ2n) is 3.61. The van der Waals surface area contributed by atoms with Crippen LogP contribution in [0, 0.1) is 13.8 Å². The van der Waals surface area contributed by atoms with Gasteiger partial charge in [-0.15, -0.1) is 0 Å². The van der Waals surface area contributed by atoms with Gasteiger partial charge in [-0.05, 0) is 36.6 Å². The fourth-order valence-corrected chi connectivity index (χ4v) is 1.45. The third kappa shape index (κ3) is 2.27. The summed E-state index contributed by atoms with van der Waals surface area (Å²) in [7, 11) is 0. The second kappa shape index (κ2) is 4.31. The number of nitrogens with two attached hydrogens (primary N) is 1. The minimum absolute atomic E-state index is 0.0251. The lowest BCUT2D eigenvalue weighted by molar-refractivity contribution is -0.138. The topological polar surface area (TPSA) is 83.6 Å². The van der Waals surface area contributed by atoms with Crippen LogP contribution in [0.4, 0.5) is 0 Å². The predicted octanol–water partition coefficient (Wildman–Crippen LogP) is 1.14. The quantitative estimate of drug-likeness (QED) is 0.697. The van der Waals surface area contributed by atoms with Crippen molar-refractivity contribution in [1.82, 2.24) is 0 Å². The van der Waals surface area contributed by atoms with Crippen molar-refractivity contribution in [3.63, 3.8) is 0 Å². The van der Waals surface area contributed by atoms with E-state index in [1.54, 1.807) is 13.0 Å². The zero-order valence-electron chi connectivity index (χ0n) is 8.82. The molecule has 1 unspecified atom stereocenters. The first-order valence-electron chi connectivity index (χ1n) is 4.70. The first-order valence-corrected chi connectivity index (χ1v) is 4.70. The molecule has 0 aromatic heterocycles. The highest BCUT2D eigenvalue weighted by molar-refractivity contribution is 5.76. The fraction of sp³-hybridized carbons (Fsp3) is 0.364. The number of carbonyl (C=O) groups is 1. The second-order valence-corrected chi connectivity index (χ2v) is 3.61. The van der Waals surface area contributed by atoms with Crippen LogP contribution in [-0.4, -0.2) is 22.7 Å². The number of aryl methyl sites for hydroxylation is 1. The van der Waals surface area contributed by atoms with Gasteiger partial charge in [-0.1, -0.05) is 6.07 Å².